The zero-order chi connectivity index (χ0) is 10.9. The Labute approximate surface area is 94.0 Å². The fraction of sp³-hybridized carbons (Fsp3) is 0.800. The summed E-state index contributed by atoms with van der Waals surface area (Å²) in [7, 11) is 0. The Morgan fingerprint density at radius 1 is 1.67 bits per heavy atom. The Balaban J connectivity index is 2.26. The number of thioether (sulfide) groups is 1. The van der Waals surface area contributed by atoms with Gasteiger partial charge < -0.3 is 10.3 Å². The van der Waals surface area contributed by atoms with Crippen LogP contribution in [0.15, 0.2) is 4.52 Å². The molecule has 0 saturated carbocycles. The maximum atomic E-state index is 6.39. The Hall–Kier alpha value is -0.550. The van der Waals surface area contributed by atoms with E-state index in [0.717, 1.165) is 19.3 Å². The van der Waals surface area contributed by atoms with E-state index in [-0.39, 0.29) is 0 Å². The Kier molecular flexibility index (Phi) is 3.02. The van der Waals surface area contributed by atoms with E-state index in [9.17, 15) is 0 Å². The molecule has 4 nitrogen and oxygen atoms in total. The molecule has 0 aliphatic carbocycles. The van der Waals surface area contributed by atoms with Crippen molar-refractivity contribution in [2.75, 3.05) is 5.75 Å². The van der Waals surface area contributed by atoms with E-state index in [1.807, 2.05) is 18.7 Å². The minimum absolute atomic E-state index is 0.355. The van der Waals surface area contributed by atoms with Crippen molar-refractivity contribution in [2.24, 2.45) is 5.73 Å². The molecule has 2 unspecified atom stereocenters. The summed E-state index contributed by atoms with van der Waals surface area (Å²) >= 11 is 1.89. The monoisotopic (exact) mass is 227 g/mol. The fourth-order valence-electron chi connectivity index (χ4n) is 1.86. The molecule has 0 spiro atoms. The van der Waals surface area contributed by atoms with Crippen LogP contribution in [-0.2, 0) is 12.0 Å². The van der Waals surface area contributed by atoms with Crippen molar-refractivity contribution < 1.29 is 4.52 Å². The van der Waals surface area contributed by atoms with Crippen LogP contribution in [0.2, 0.25) is 0 Å². The first-order valence-corrected chi connectivity index (χ1v) is 6.45. The molecule has 1 aliphatic rings. The predicted molar refractivity (Wildman–Crippen MR) is 60.7 cm³/mol. The summed E-state index contributed by atoms with van der Waals surface area (Å²) in [4.78, 5) is 4.36. The van der Waals surface area contributed by atoms with Crippen LogP contribution >= 0.6 is 11.8 Å². The van der Waals surface area contributed by atoms with Crippen molar-refractivity contribution in [3.05, 3.63) is 11.7 Å². The number of nitrogens with zero attached hydrogens (tertiary/aromatic N) is 2. The van der Waals surface area contributed by atoms with Gasteiger partial charge in [-0.3, -0.25) is 0 Å². The van der Waals surface area contributed by atoms with E-state index >= 15 is 0 Å². The van der Waals surface area contributed by atoms with Crippen molar-refractivity contribution in [3.8, 4) is 0 Å². The maximum absolute atomic E-state index is 6.39. The van der Waals surface area contributed by atoms with Crippen LogP contribution in [-0.4, -0.2) is 21.1 Å². The molecule has 1 aromatic heterocycles. The van der Waals surface area contributed by atoms with Gasteiger partial charge in [0.15, 0.2) is 5.82 Å². The van der Waals surface area contributed by atoms with Crippen LogP contribution in [0.3, 0.4) is 0 Å². The van der Waals surface area contributed by atoms with Crippen LogP contribution in [0.25, 0.3) is 0 Å². The molecule has 5 heteroatoms. The lowest BCUT2D eigenvalue weighted by molar-refractivity contribution is 0.328. The summed E-state index contributed by atoms with van der Waals surface area (Å²) in [5.41, 5.74) is 5.98. The second kappa shape index (κ2) is 4.14. The van der Waals surface area contributed by atoms with E-state index in [0.29, 0.717) is 17.0 Å². The largest absolute Gasteiger partial charge is 0.339 e. The molecule has 1 saturated heterocycles. The molecule has 2 heterocycles. The average molecular weight is 227 g/mol. The summed E-state index contributed by atoms with van der Waals surface area (Å²) in [5.74, 6) is 2.54. The van der Waals surface area contributed by atoms with Gasteiger partial charge >= 0.3 is 0 Å². The Morgan fingerprint density at radius 2 is 2.47 bits per heavy atom. The lowest BCUT2D eigenvalue weighted by atomic mass is 9.90. The molecule has 2 atom stereocenters. The molecule has 0 radical (unpaired) electrons. The third kappa shape index (κ3) is 1.90. The molecule has 1 aliphatic heterocycles. The highest BCUT2D eigenvalue weighted by atomic mass is 32.2. The molecule has 84 valence electrons. The van der Waals surface area contributed by atoms with Gasteiger partial charge in [-0.25, -0.2) is 0 Å². The van der Waals surface area contributed by atoms with E-state index in [2.05, 4.69) is 17.1 Å². The first kappa shape index (κ1) is 11.0. The van der Waals surface area contributed by atoms with Crippen LogP contribution in [0.1, 0.15) is 38.4 Å². The summed E-state index contributed by atoms with van der Waals surface area (Å²) in [6.45, 7) is 4.14. The summed E-state index contributed by atoms with van der Waals surface area (Å²) < 4.78 is 5.13. The zero-order valence-electron chi connectivity index (χ0n) is 9.19. The molecule has 1 aromatic rings. The van der Waals surface area contributed by atoms with Crippen molar-refractivity contribution in [1.29, 1.82) is 0 Å². The van der Waals surface area contributed by atoms with Gasteiger partial charge in [0.1, 0.15) is 0 Å². The molecule has 1 fully saturated rings. The quantitative estimate of drug-likeness (QED) is 0.833. The highest BCUT2D eigenvalue weighted by Gasteiger charge is 2.40. The molecular weight excluding hydrogens is 210 g/mol. The second-order valence-corrected chi connectivity index (χ2v) is 5.47. The molecular formula is C10H17N3OS. The topological polar surface area (TPSA) is 64.9 Å². The highest BCUT2D eigenvalue weighted by molar-refractivity contribution is 8.00. The van der Waals surface area contributed by atoms with Crippen LogP contribution in [0.4, 0.5) is 0 Å². The summed E-state index contributed by atoms with van der Waals surface area (Å²) in [6.07, 6.45) is 2.84. The van der Waals surface area contributed by atoms with Gasteiger partial charge in [-0.1, -0.05) is 19.0 Å². The van der Waals surface area contributed by atoms with Crippen LogP contribution in [0.5, 0.6) is 0 Å². The van der Waals surface area contributed by atoms with E-state index in [1.54, 1.807) is 0 Å². The average Bonchev–Trinajstić information content (AvgIpc) is 2.71. The minimum atomic E-state index is -0.403. The number of hydrogen-bond donors (Lipinski definition) is 1. The number of nitrogens with two attached hydrogens (primary N) is 1. The minimum Gasteiger partial charge on any atom is -0.339 e. The fourth-order valence-corrected chi connectivity index (χ4v) is 3.04. The Morgan fingerprint density at radius 3 is 3.07 bits per heavy atom. The van der Waals surface area contributed by atoms with E-state index in [1.165, 1.54) is 5.75 Å². The van der Waals surface area contributed by atoms with E-state index < -0.39 is 5.54 Å². The van der Waals surface area contributed by atoms with Gasteiger partial charge in [0.2, 0.25) is 5.89 Å². The van der Waals surface area contributed by atoms with Crippen molar-refractivity contribution in [2.45, 2.75) is 43.9 Å². The van der Waals surface area contributed by atoms with Crippen LogP contribution < -0.4 is 5.73 Å². The third-order valence-electron chi connectivity index (χ3n) is 3.01. The molecule has 0 amide bonds. The number of hydrogen-bond acceptors (Lipinski definition) is 5. The number of rotatable bonds is 2. The van der Waals surface area contributed by atoms with Gasteiger partial charge in [-0.05, 0) is 18.6 Å². The lowest BCUT2D eigenvalue weighted by Gasteiger charge is -2.36. The molecule has 0 aromatic carbocycles. The number of aryl methyl sites for hydroxylation is 1. The SMILES string of the molecule is CCc1nc(C2(N)CCCSC2C)no1. The summed E-state index contributed by atoms with van der Waals surface area (Å²) in [5, 5.41) is 4.36. The van der Waals surface area contributed by atoms with Gasteiger partial charge in [0, 0.05) is 11.7 Å². The first-order valence-electron chi connectivity index (χ1n) is 5.40. The highest BCUT2D eigenvalue weighted by Crippen LogP contribution is 2.37. The molecule has 2 rings (SSSR count). The standard InChI is InChI=1S/C10H17N3OS/c1-3-8-12-9(13-14-8)10(11)5-4-6-15-7(10)2/h7H,3-6,11H2,1-2H3. The van der Waals surface area contributed by atoms with Gasteiger partial charge in [0.25, 0.3) is 0 Å². The predicted octanol–water partition coefficient (Wildman–Crippen LogP) is 1.70. The van der Waals surface area contributed by atoms with Gasteiger partial charge in [-0.15, -0.1) is 0 Å². The lowest BCUT2D eigenvalue weighted by Crippen LogP contribution is -2.48. The van der Waals surface area contributed by atoms with E-state index in [4.69, 9.17) is 10.3 Å². The normalized spacial score (nSPS) is 31.8. The third-order valence-corrected chi connectivity index (χ3v) is 4.46. The molecule has 15 heavy (non-hydrogen) atoms. The second-order valence-electron chi connectivity index (χ2n) is 4.02. The summed E-state index contributed by atoms with van der Waals surface area (Å²) in [6, 6.07) is 0. The van der Waals surface area contributed by atoms with Crippen molar-refractivity contribution >= 4 is 11.8 Å². The smallest absolute Gasteiger partial charge is 0.226 e. The van der Waals surface area contributed by atoms with Gasteiger partial charge in [0.05, 0.1) is 5.54 Å². The maximum Gasteiger partial charge on any atom is 0.226 e. The van der Waals surface area contributed by atoms with Crippen molar-refractivity contribution in [1.82, 2.24) is 10.1 Å². The Bertz CT molecular complexity index is 341. The van der Waals surface area contributed by atoms with Crippen molar-refractivity contribution in [3.63, 3.8) is 0 Å². The zero-order valence-corrected chi connectivity index (χ0v) is 10.0. The molecule has 0 bridgehead atoms. The molecule has 2 N–H and O–H groups in total. The van der Waals surface area contributed by atoms with Crippen LogP contribution in [0, 0.1) is 0 Å². The first-order chi connectivity index (χ1) is 7.16. The van der Waals surface area contributed by atoms with Gasteiger partial charge in [-0.2, -0.15) is 16.7 Å². The number of aromatic nitrogens is 2.